The number of ether oxygens (including phenoxy) is 1. The molecule has 4 nitrogen and oxygen atoms in total. The van der Waals surface area contributed by atoms with Gasteiger partial charge in [0.15, 0.2) is 23.1 Å². The van der Waals surface area contributed by atoms with Gasteiger partial charge in [0.1, 0.15) is 0 Å². The van der Waals surface area contributed by atoms with Crippen molar-refractivity contribution in [3.63, 3.8) is 0 Å². The third-order valence-corrected chi connectivity index (χ3v) is 2.08. The van der Waals surface area contributed by atoms with Crippen LogP contribution in [0.1, 0.15) is 12.0 Å². The molecule has 84 valence electrons. The first-order valence-corrected chi connectivity index (χ1v) is 4.50. The molecular weight excluding hydrogens is 203 g/mol. The highest BCUT2D eigenvalue weighted by molar-refractivity contribution is 5.51. The summed E-state index contributed by atoms with van der Waals surface area (Å²) in [6.07, 6.45) is 0.440. The van der Waals surface area contributed by atoms with Crippen LogP contribution in [0.2, 0.25) is 0 Å². The number of hydrogen-bond donors (Lipinski definition) is 3. The van der Waals surface area contributed by atoms with Gasteiger partial charge in [0.25, 0.3) is 0 Å². The molecule has 0 aliphatic carbocycles. The summed E-state index contributed by atoms with van der Waals surface area (Å²) in [5, 5.41) is 27.3. The van der Waals surface area contributed by atoms with Crippen molar-refractivity contribution in [1.82, 2.24) is 0 Å². The van der Waals surface area contributed by atoms with Gasteiger partial charge in [0.05, 0.1) is 7.11 Å². The molecule has 0 aliphatic heterocycles. The second-order valence-corrected chi connectivity index (χ2v) is 3.07. The van der Waals surface area contributed by atoms with E-state index in [2.05, 4.69) is 0 Å². The molecule has 0 saturated heterocycles. The van der Waals surface area contributed by atoms with Gasteiger partial charge < -0.3 is 20.1 Å². The van der Waals surface area contributed by atoms with Gasteiger partial charge in [0.2, 0.25) is 0 Å². The summed E-state index contributed by atoms with van der Waals surface area (Å²) in [6.45, 7) is -0.114. The lowest BCUT2D eigenvalue weighted by atomic mass is 10.1. The molecule has 0 amide bonds. The summed E-state index contributed by atoms with van der Waals surface area (Å²) >= 11 is 0. The van der Waals surface area contributed by atoms with E-state index in [-0.39, 0.29) is 24.3 Å². The molecule has 1 aromatic rings. The van der Waals surface area contributed by atoms with Crippen LogP contribution in [0, 0.1) is 5.82 Å². The highest BCUT2D eigenvalue weighted by Gasteiger charge is 2.17. The van der Waals surface area contributed by atoms with Gasteiger partial charge >= 0.3 is 0 Å². The Kier molecular flexibility index (Phi) is 3.74. The quantitative estimate of drug-likeness (QED) is 0.661. The summed E-state index contributed by atoms with van der Waals surface area (Å²) in [5.74, 6) is -1.76. The highest BCUT2D eigenvalue weighted by atomic mass is 19.1. The first-order chi connectivity index (χ1) is 7.11. The zero-order valence-electron chi connectivity index (χ0n) is 8.33. The van der Waals surface area contributed by atoms with Gasteiger partial charge in [-0.1, -0.05) is 0 Å². The number of phenols is 2. The largest absolute Gasteiger partial charge is 0.504 e. The van der Waals surface area contributed by atoms with Crippen LogP contribution < -0.4 is 4.74 Å². The molecule has 0 spiro atoms. The van der Waals surface area contributed by atoms with Crippen molar-refractivity contribution < 1.29 is 24.4 Å². The fourth-order valence-electron chi connectivity index (χ4n) is 1.30. The van der Waals surface area contributed by atoms with Crippen molar-refractivity contribution in [3.8, 4) is 17.2 Å². The molecule has 0 fully saturated rings. The molecule has 0 saturated carbocycles. The smallest absolute Gasteiger partial charge is 0.172 e. The van der Waals surface area contributed by atoms with E-state index in [9.17, 15) is 14.6 Å². The van der Waals surface area contributed by atoms with E-state index in [1.807, 2.05) is 0 Å². The Labute approximate surface area is 86.6 Å². The second-order valence-electron chi connectivity index (χ2n) is 3.07. The van der Waals surface area contributed by atoms with E-state index in [0.29, 0.717) is 6.42 Å². The standard InChI is InChI=1S/C10H13FO4/c1-15-8-5-7(13)10(14)6(9(8)11)3-2-4-12/h5,12-14H,2-4H2,1H3. The number of hydrogen-bond acceptors (Lipinski definition) is 4. The summed E-state index contributed by atoms with van der Waals surface area (Å²) in [5.41, 5.74) is -0.0408. The van der Waals surface area contributed by atoms with Gasteiger partial charge in [-0.15, -0.1) is 0 Å². The van der Waals surface area contributed by atoms with Crippen LogP contribution in [-0.2, 0) is 6.42 Å². The van der Waals surface area contributed by atoms with E-state index in [4.69, 9.17) is 9.84 Å². The molecule has 15 heavy (non-hydrogen) atoms. The lowest BCUT2D eigenvalue weighted by molar-refractivity contribution is 0.286. The normalized spacial score (nSPS) is 10.3. The SMILES string of the molecule is COc1cc(O)c(O)c(CCCO)c1F. The van der Waals surface area contributed by atoms with Crippen LogP contribution in [0.5, 0.6) is 17.2 Å². The minimum absolute atomic E-state index is 0.0408. The van der Waals surface area contributed by atoms with Crippen molar-refractivity contribution in [1.29, 1.82) is 0 Å². The molecule has 0 bridgehead atoms. The Morgan fingerprint density at radius 1 is 1.40 bits per heavy atom. The summed E-state index contributed by atoms with van der Waals surface area (Å²) in [7, 11) is 1.27. The first-order valence-electron chi connectivity index (χ1n) is 4.50. The number of aliphatic hydroxyl groups excluding tert-OH is 1. The third-order valence-electron chi connectivity index (χ3n) is 2.08. The number of rotatable bonds is 4. The zero-order chi connectivity index (χ0) is 11.4. The van der Waals surface area contributed by atoms with E-state index in [1.54, 1.807) is 0 Å². The average Bonchev–Trinajstić information content (AvgIpc) is 2.23. The van der Waals surface area contributed by atoms with E-state index in [1.165, 1.54) is 7.11 Å². The summed E-state index contributed by atoms with van der Waals surface area (Å²) in [4.78, 5) is 0. The number of methoxy groups -OCH3 is 1. The Morgan fingerprint density at radius 3 is 2.60 bits per heavy atom. The maximum absolute atomic E-state index is 13.6. The molecule has 0 radical (unpaired) electrons. The topological polar surface area (TPSA) is 69.9 Å². The number of aromatic hydroxyl groups is 2. The number of phenolic OH excluding ortho intramolecular Hbond substituents is 2. The first kappa shape index (κ1) is 11.6. The van der Waals surface area contributed by atoms with Crippen LogP contribution in [0.3, 0.4) is 0 Å². The van der Waals surface area contributed by atoms with Gasteiger partial charge in [-0.05, 0) is 12.8 Å². The molecule has 1 rings (SSSR count). The van der Waals surface area contributed by atoms with Crippen molar-refractivity contribution >= 4 is 0 Å². The van der Waals surface area contributed by atoms with Crippen molar-refractivity contribution in [2.45, 2.75) is 12.8 Å². The fourth-order valence-corrected chi connectivity index (χ4v) is 1.30. The van der Waals surface area contributed by atoms with Crippen LogP contribution in [0.25, 0.3) is 0 Å². The predicted molar refractivity (Wildman–Crippen MR) is 51.7 cm³/mol. The second kappa shape index (κ2) is 4.84. The minimum atomic E-state index is -0.707. The van der Waals surface area contributed by atoms with Crippen LogP contribution in [0.15, 0.2) is 6.07 Å². The minimum Gasteiger partial charge on any atom is -0.504 e. The van der Waals surface area contributed by atoms with E-state index >= 15 is 0 Å². The Morgan fingerprint density at radius 2 is 2.07 bits per heavy atom. The number of aliphatic hydroxyl groups is 1. The predicted octanol–water partition coefficient (Wildman–Crippen LogP) is 1.17. The molecule has 0 aliphatic rings. The molecule has 0 heterocycles. The zero-order valence-corrected chi connectivity index (χ0v) is 8.33. The molecule has 0 atom stereocenters. The van der Waals surface area contributed by atoms with E-state index < -0.39 is 17.3 Å². The fraction of sp³-hybridized carbons (Fsp3) is 0.400. The maximum Gasteiger partial charge on any atom is 0.172 e. The third kappa shape index (κ3) is 2.30. The summed E-state index contributed by atoms with van der Waals surface area (Å²) in [6, 6.07) is 1.01. The molecule has 5 heteroatoms. The van der Waals surface area contributed by atoms with Gasteiger partial charge in [-0.25, -0.2) is 4.39 Å². The van der Waals surface area contributed by atoms with E-state index in [0.717, 1.165) is 6.07 Å². The van der Waals surface area contributed by atoms with Gasteiger partial charge in [-0.2, -0.15) is 0 Å². The highest BCUT2D eigenvalue weighted by Crippen LogP contribution is 2.37. The molecule has 3 N–H and O–H groups in total. The Bertz CT molecular complexity index is 352. The Hall–Kier alpha value is -1.49. The van der Waals surface area contributed by atoms with Crippen LogP contribution in [0.4, 0.5) is 4.39 Å². The van der Waals surface area contributed by atoms with Crippen molar-refractivity contribution in [2.75, 3.05) is 13.7 Å². The maximum atomic E-state index is 13.6. The number of benzene rings is 1. The monoisotopic (exact) mass is 216 g/mol. The van der Waals surface area contributed by atoms with Crippen molar-refractivity contribution in [2.24, 2.45) is 0 Å². The molecule has 1 aromatic carbocycles. The van der Waals surface area contributed by atoms with Crippen LogP contribution >= 0.6 is 0 Å². The molecular formula is C10H13FO4. The van der Waals surface area contributed by atoms with Gasteiger partial charge in [-0.3, -0.25) is 0 Å². The Balaban J connectivity index is 3.15. The number of halogens is 1. The van der Waals surface area contributed by atoms with Gasteiger partial charge in [0, 0.05) is 18.2 Å². The lowest BCUT2D eigenvalue weighted by Gasteiger charge is -2.10. The average molecular weight is 216 g/mol. The molecule has 0 unspecified atom stereocenters. The lowest BCUT2D eigenvalue weighted by Crippen LogP contribution is -1.98. The molecule has 0 aromatic heterocycles. The van der Waals surface area contributed by atoms with Crippen molar-refractivity contribution in [3.05, 3.63) is 17.4 Å². The summed E-state index contributed by atoms with van der Waals surface area (Å²) < 4.78 is 18.3. The van der Waals surface area contributed by atoms with Crippen LogP contribution in [-0.4, -0.2) is 29.0 Å².